The van der Waals surface area contributed by atoms with Crippen molar-refractivity contribution in [3.8, 4) is 0 Å². The van der Waals surface area contributed by atoms with Crippen LogP contribution in [0.25, 0.3) is 0 Å². The monoisotopic (exact) mass is 306 g/mol. The van der Waals surface area contributed by atoms with E-state index in [0.29, 0.717) is 11.5 Å². The number of benzene rings is 1. The minimum absolute atomic E-state index is 0.0425. The number of nitro groups is 1. The molecule has 1 heterocycles. The molecule has 0 spiro atoms. The maximum atomic E-state index is 12.2. The summed E-state index contributed by atoms with van der Waals surface area (Å²) < 4.78 is 5.63. The van der Waals surface area contributed by atoms with Gasteiger partial charge >= 0.3 is 5.97 Å². The topological polar surface area (TPSA) is 81.5 Å². The molecule has 6 heteroatoms. The Bertz CT molecular complexity index is 551. The summed E-state index contributed by atoms with van der Waals surface area (Å²) >= 11 is 0. The number of nitro benzene ring substituents is 1. The highest BCUT2D eigenvalue weighted by Crippen LogP contribution is 2.29. The Hall–Kier alpha value is -1.95. The van der Waals surface area contributed by atoms with E-state index in [4.69, 9.17) is 4.74 Å². The zero-order chi connectivity index (χ0) is 16.2. The first-order valence-electron chi connectivity index (χ1n) is 7.55. The zero-order valence-corrected chi connectivity index (χ0v) is 13.0. The van der Waals surface area contributed by atoms with Gasteiger partial charge in [-0.1, -0.05) is 18.2 Å². The molecular weight excluding hydrogens is 284 g/mol. The van der Waals surface area contributed by atoms with E-state index in [1.54, 1.807) is 18.2 Å². The van der Waals surface area contributed by atoms with Crippen LogP contribution in [0, 0.1) is 16.0 Å². The number of carbonyl (C=O) groups is 1. The Labute approximate surface area is 130 Å². The van der Waals surface area contributed by atoms with Crippen LogP contribution >= 0.6 is 0 Å². The van der Waals surface area contributed by atoms with Crippen LogP contribution < -0.4 is 5.32 Å². The van der Waals surface area contributed by atoms with Crippen LogP contribution in [0.15, 0.2) is 24.3 Å². The fraction of sp³-hybridized carbons (Fsp3) is 0.562. The predicted molar refractivity (Wildman–Crippen MR) is 82.6 cm³/mol. The summed E-state index contributed by atoms with van der Waals surface area (Å²) in [5.74, 6) is -0.110. The van der Waals surface area contributed by atoms with Crippen molar-refractivity contribution in [3.05, 3.63) is 39.9 Å². The van der Waals surface area contributed by atoms with Crippen molar-refractivity contribution in [2.75, 3.05) is 13.1 Å². The molecule has 6 nitrogen and oxygen atoms in total. The van der Waals surface area contributed by atoms with Gasteiger partial charge in [0.05, 0.1) is 11.3 Å². The largest absolute Gasteiger partial charge is 0.459 e. The Morgan fingerprint density at radius 1 is 1.36 bits per heavy atom. The van der Waals surface area contributed by atoms with E-state index in [9.17, 15) is 14.9 Å². The van der Waals surface area contributed by atoms with Crippen LogP contribution in [-0.4, -0.2) is 29.6 Å². The van der Waals surface area contributed by atoms with Gasteiger partial charge in [0.2, 0.25) is 0 Å². The minimum atomic E-state index is -0.553. The Kier molecular flexibility index (Phi) is 5.13. The fourth-order valence-electron chi connectivity index (χ4n) is 2.92. The van der Waals surface area contributed by atoms with Crippen LogP contribution in [0.2, 0.25) is 0 Å². The lowest BCUT2D eigenvalue weighted by Gasteiger charge is -2.36. The van der Waals surface area contributed by atoms with Gasteiger partial charge in [0.1, 0.15) is 5.60 Å². The molecule has 0 atom stereocenters. The van der Waals surface area contributed by atoms with Gasteiger partial charge in [0.15, 0.2) is 0 Å². The Morgan fingerprint density at radius 3 is 2.64 bits per heavy atom. The summed E-state index contributed by atoms with van der Waals surface area (Å²) in [5, 5.41) is 14.3. The molecule has 0 unspecified atom stereocenters. The van der Waals surface area contributed by atoms with Crippen LogP contribution in [-0.2, 0) is 16.0 Å². The van der Waals surface area contributed by atoms with E-state index in [-0.39, 0.29) is 12.1 Å². The van der Waals surface area contributed by atoms with Crippen molar-refractivity contribution in [1.29, 1.82) is 0 Å². The SMILES string of the molecule is CC(C)(OC(=O)Cc1ccccc1[N+](=O)[O-])C1CCNCC1. The number of para-hydroxylation sites is 1. The molecule has 0 bridgehead atoms. The van der Waals surface area contributed by atoms with E-state index in [2.05, 4.69) is 5.32 Å². The molecular formula is C16H22N2O4. The molecule has 120 valence electrons. The summed E-state index contributed by atoms with van der Waals surface area (Å²) in [6.07, 6.45) is 1.85. The molecule has 1 aromatic rings. The number of piperidine rings is 1. The van der Waals surface area contributed by atoms with Crippen molar-refractivity contribution in [3.63, 3.8) is 0 Å². The molecule has 0 aromatic heterocycles. The molecule has 0 radical (unpaired) electrons. The molecule has 0 aliphatic carbocycles. The van der Waals surface area contributed by atoms with Gasteiger partial charge in [0, 0.05) is 17.5 Å². The van der Waals surface area contributed by atoms with Crippen LogP contribution in [0.5, 0.6) is 0 Å². The van der Waals surface area contributed by atoms with Crippen LogP contribution in [0.1, 0.15) is 32.3 Å². The van der Waals surface area contributed by atoms with E-state index >= 15 is 0 Å². The van der Waals surface area contributed by atoms with Crippen molar-refractivity contribution in [2.45, 2.75) is 38.7 Å². The molecule has 0 saturated carbocycles. The summed E-state index contributed by atoms with van der Waals surface area (Å²) in [5.41, 5.74) is -0.208. The third kappa shape index (κ3) is 4.04. The number of esters is 1. The second kappa shape index (κ2) is 6.87. The summed E-state index contributed by atoms with van der Waals surface area (Å²) in [4.78, 5) is 22.7. The first-order chi connectivity index (χ1) is 10.4. The minimum Gasteiger partial charge on any atom is -0.459 e. The lowest BCUT2D eigenvalue weighted by molar-refractivity contribution is -0.385. The molecule has 1 aliphatic rings. The zero-order valence-electron chi connectivity index (χ0n) is 13.0. The molecule has 1 saturated heterocycles. The number of hydrogen-bond donors (Lipinski definition) is 1. The second-order valence-electron chi connectivity index (χ2n) is 6.16. The number of rotatable bonds is 5. The molecule has 2 rings (SSSR count). The molecule has 1 aromatic carbocycles. The number of ether oxygens (including phenoxy) is 1. The number of hydrogen-bond acceptors (Lipinski definition) is 5. The summed E-state index contributed by atoms with van der Waals surface area (Å²) in [7, 11) is 0. The van der Waals surface area contributed by atoms with E-state index in [1.165, 1.54) is 6.07 Å². The fourth-order valence-corrected chi connectivity index (χ4v) is 2.92. The summed E-state index contributed by atoms with van der Waals surface area (Å²) in [6, 6.07) is 6.27. The molecule has 1 N–H and O–H groups in total. The Balaban J connectivity index is 2.02. The first kappa shape index (κ1) is 16.4. The third-order valence-corrected chi connectivity index (χ3v) is 4.22. The molecule has 1 fully saturated rings. The van der Waals surface area contributed by atoms with Gasteiger partial charge in [-0.05, 0) is 39.8 Å². The lowest BCUT2D eigenvalue weighted by atomic mass is 9.83. The van der Waals surface area contributed by atoms with Gasteiger partial charge in [-0.2, -0.15) is 0 Å². The maximum Gasteiger partial charge on any atom is 0.311 e. The maximum absolute atomic E-state index is 12.2. The second-order valence-corrected chi connectivity index (χ2v) is 6.16. The van der Waals surface area contributed by atoms with Gasteiger partial charge in [-0.3, -0.25) is 14.9 Å². The molecule has 1 aliphatic heterocycles. The van der Waals surface area contributed by atoms with Gasteiger partial charge in [-0.15, -0.1) is 0 Å². The summed E-state index contributed by atoms with van der Waals surface area (Å²) in [6.45, 7) is 5.69. The van der Waals surface area contributed by atoms with E-state index < -0.39 is 16.5 Å². The van der Waals surface area contributed by atoms with Gasteiger partial charge in [-0.25, -0.2) is 0 Å². The highest BCUT2D eigenvalue weighted by atomic mass is 16.6. The highest BCUT2D eigenvalue weighted by Gasteiger charge is 2.34. The average molecular weight is 306 g/mol. The standard InChI is InChI=1S/C16H22N2O4/c1-16(2,13-7-9-17-10-8-13)22-15(19)11-12-5-3-4-6-14(12)18(20)21/h3-6,13,17H,7-11H2,1-2H3. The highest BCUT2D eigenvalue weighted by molar-refractivity contribution is 5.74. The van der Waals surface area contributed by atoms with Gasteiger partial charge in [0.25, 0.3) is 5.69 Å². The number of carbonyl (C=O) groups excluding carboxylic acids is 1. The quantitative estimate of drug-likeness (QED) is 0.513. The van der Waals surface area contributed by atoms with Crippen molar-refractivity contribution < 1.29 is 14.5 Å². The van der Waals surface area contributed by atoms with Crippen molar-refractivity contribution >= 4 is 11.7 Å². The molecule has 22 heavy (non-hydrogen) atoms. The van der Waals surface area contributed by atoms with Crippen molar-refractivity contribution in [2.24, 2.45) is 5.92 Å². The van der Waals surface area contributed by atoms with E-state index in [0.717, 1.165) is 25.9 Å². The third-order valence-electron chi connectivity index (χ3n) is 4.22. The van der Waals surface area contributed by atoms with Crippen LogP contribution in [0.3, 0.4) is 0 Å². The normalized spacial score (nSPS) is 16.3. The average Bonchev–Trinajstić information content (AvgIpc) is 2.48. The van der Waals surface area contributed by atoms with Gasteiger partial charge < -0.3 is 10.1 Å². The predicted octanol–water partition coefficient (Wildman–Crippen LogP) is 2.46. The van der Waals surface area contributed by atoms with Crippen molar-refractivity contribution in [1.82, 2.24) is 5.32 Å². The van der Waals surface area contributed by atoms with Crippen LogP contribution in [0.4, 0.5) is 5.69 Å². The smallest absolute Gasteiger partial charge is 0.311 e. The molecule has 0 amide bonds. The van der Waals surface area contributed by atoms with E-state index in [1.807, 2.05) is 13.8 Å². The number of nitrogens with zero attached hydrogens (tertiary/aromatic N) is 1. The first-order valence-corrected chi connectivity index (χ1v) is 7.55. The Morgan fingerprint density at radius 2 is 2.00 bits per heavy atom. The number of nitrogens with one attached hydrogen (secondary N) is 1. The lowest BCUT2D eigenvalue weighted by Crippen LogP contribution is -2.43.